The quantitative estimate of drug-likeness (QED) is 0.496. The van der Waals surface area contributed by atoms with Gasteiger partial charge in [0.15, 0.2) is 0 Å². The molecule has 0 aliphatic carbocycles. The van der Waals surface area contributed by atoms with Crippen molar-refractivity contribution in [3.05, 3.63) is 83.7 Å². The second kappa shape index (κ2) is 10.0. The molecule has 0 unspecified atom stereocenters. The third kappa shape index (κ3) is 4.63. The highest BCUT2D eigenvalue weighted by Crippen LogP contribution is 2.41. The summed E-state index contributed by atoms with van der Waals surface area (Å²) in [6, 6.07) is 17.0. The lowest BCUT2D eigenvalue weighted by molar-refractivity contribution is -0.141. The Morgan fingerprint density at radius 2 is 1.97 bits per heavy atom. The third-order valence-electron chi connectivity index (χ3n) is 6.22. The van der Waals surface area contributed by atoms with Crippen molar-refractivity contribution in [2.24, 2.45) is 0 Å². The molecule has 1 aliphatic rings. The molecule has 0 spiro atoms. The fourth-order valence-electron chi connectivity index (χ4n) is 4.53. The first-order chi connectivity index (χ1) is 16.4. The van der Waals surface area contributed by atoms with Crippen LogP contribution < -0.4 is 5.32 Å². The van der Waals surface area contributed by atoms with E-state index in [1.807, 2.05) is 67.7 Å². The van der Waals surface area contributed by atoms with Gasteiger partial charge in [0.1, 0.15) is 0 Å². The molecule has 3 aromatic rings. The number of likely N-dealkylation sites (tertiary alicyclic amines) is 1. The summed E-state index contributed by atoms with van der Waals surface area (Å²) in [4.78, 5) is 40.7. The summed E-state index contributed by atoms with van der Waals surface area (Å²) in [7, 11) is 1.52. The van der Waals surface area contributed by atoms with Crippen LogP contribution in [-0.4, -0.2) is 52.7 Å². The zero-order valence-electron chi connectivity index (χ0n) is 19.4. The first kappa shape index (κ1) is 23.4. The van der Waals surface area contributed by atoms with Gasteiger partial charge in [0.05, 0.1) is 24.3 Å². The molecule has 8 nitrogen and oxygen atoms in total. The van der Waals surface area contributed by atoms with E-state index in [0.29, 0.717) is 12.1 Å². The molecule has 2 aromatic carbocycles. The number of rotatable bonds is 9. The summed E-state index contributed by atoms with van der Waals surface area (Å²) in [5.74, 6) is -0.924. The topological polar surface area (TPSA) is 93.5 Å². The highest BCUT2D eigenvalue weighted by Gasteiger charge is 2.54. The summed E-state index contributed by atoms with van der Waals surface area (Å²) >= 11 is 0. The van der Waals surface area contributed by atoms with E-state index in [1.54, 1.807) is 10.9 Å². The largest absolute Gasteiger partial charge is 0.383 e. The zero-order chi connectivity index (χ0) is 24.1. The van der Waals surface area contributed by atoms with Gasteiger partial charge in [0.2, 0.25) is 17.7 Å². The average molecular weight is 461 g/mol. The van der Waals surface area contributed by atoms with Crippen LogP contribution in [0, 0.1) is 6.92 Å². The molecule has 1 aromatic heterocycles. The maximum absolute atomic E-state index is 13.5. The number of aromatic nitrogens is 2. The molecular formula is C26H28N4O4. The van der Waals surface area contributed by atoms with E-state index < -0.39 is 5.41 Å². The van der Waals surface area contributed by atoms with Crippen molar-refractivity contribution in [1.82, 2.24) is 20.0 Å². The van der Waals surface area contributed by atoms with Crippen LogP contribution in [0.1, 0.15) is 29.5 Å². The molecule has 1 saturated heterocycles. The second-order valence-electron chi connectivity index (χ2n) is 8.49. The lowest BCUT2D eigenvalue weighted by atomic mass is 9.74. The van der Waals surface area contributed by atoms with Gasteiger partial charge in [-0.1, -0.05) is 36.4 Å². The zero-order valence-corrected chi connectivity index (χ0v) is 19.4. The van der Waals surface area contributed by atoms with Gasteiger partial charge in [-0.2, -0.15) is 5.10 Å². The number of carbonyl (C=O) groups excluding carboxylic acids is 3. The van der Waals surface area contributed by atoms with Crippen molar-refractivity contribution in [1.29, 1.82) is 0 Å². The SMILES string of the molecule is COCCN1C(=O)C[C@](CC(=O)NCc2cccc(-n3cccn3)c2)(c2ccccc2C)C1=O. The summed E-state index contributed by atoms with van der Waals surface area (Å²) in [6.07, 6.45) is 3.41. The Morgan fingerprint density at radius 3 is 2.71 bits per heavy atom. The number of nitrogens with zero attached hydrogens (tertiary/aromatic N) is 3. The fraction of sp³-hybridized carbons (Fsp3) is 0.308. The number of methoxy groups -OCH3 is 1. The van der Waals surface area contributed by atoms with Gasteiger partial charge in [-0.15, -0.1) is 0 Å². The minimum atomic E-state index is -1.23. The molecule has 0 saturated carbocycles. The van der Waals surface area contributed by atoms with Gasteiger partial charge in [-0.3, -0.25) is 19.3 Å². The van der Waals surface area contributed by atoms with Crippen molar-refractivity contribution in [3.63, 3.8) is 0 Å². The van der Waals surface area contributed by atoms with Crippen LogP contribution >= 0.6 is 0 Å². The van der Waals surface area contributed by atoms with Crippen molar-refractivity contribution >= 4 is 17.7 Å². The Labute approximate surface area is 198 Å². The molecule has 1 N–H and O–H groups in total. The molecule has 0 bridgehead atoms. The maximum Gasteiger partial charge on any atom is 0.240 e. The van der Waals surface area contributed by atoms with Crippen LogP contribution in [0.2, 0.25) is 0 Å². The van der Waals surface area contributed by atoms with Crippen LogP contribution in [0.15, 0.2) is 67.0 Å². The van der Waals surface area contributed by atoms with E-state index in [1.165, 1.54) is 12.0 Å². The molecule has 1 atom stereocenters. The van der Waals surface area contributed by atoms with Gasteiger partial charge < -0.3 is 10.1 Å². The van der Waals surface area contributed by atoms with E-state index in [4.69, 9.17) is 4.74 Å². The molecule has 1 aliphatic heterocycles. The number of nitrogens with one attached hydrogen (secondary N) is 1. The van der Waals surface area contributed by atoms with E-state index in [2.05, 4.69) is 10.4 Å². The Morgan fingerprint density at radius 1 is 1.15 bits per heavy atom. The highest BCUT2D eigenvalue weighted by molar-refractivity contribution is 6.11. The van der Waals surface area contributed by atoms with Gasteiger partial charge in [-0.25, -0.2) is 4.68 Å². The lowest BCUT2D eigenvalue weighted by Crippen LogP contribution is -2.43. The number of hydrogen-bond acceptors (Lipinski definition) is 5. The van der Waals surface area contributed by atoms with Crippen LogP contribution in [-0.2, 0) is 31.1 Å². The smallest absolute Gasteiger partial charge is 0.240 e. The normalized spacial score (nSPS) is 17.9. The Hall–Kier alpha value is -3.78. The fourth-order valence-corrected chi connectivity index (χ4v) is 4.53. The van der Waals surface area contributed by atoms with Crippen LogP contribution in [0.3, 0.4) is 0 Å². The monoisotopic (exact) mass is 460 g/mol. The van der Waals surface area contributed by atoms with Crippen LogP contribution in [0.4, 0.5) is 0 Å². The Bertz CT molecular complexity index is 1190. The van der Waals surface area contributed by atoms with Crippen molar-refractivity contribution in [3.8, 4) is 5.69 Å². The van der Waals surface area contributed by atoms with Crippen molar-refractivity contribution in [2.75, 3.05) is 20.3 Å². The Balaban J connectivity index is 1.54. The van der Waals surface area contributed by atoms with Crippen molar-refractivity contribution < 1.29 is 19.1 Å². The van der Waals surface area contributed by atoms with E-state index in [9.17, 15) is 14.4 Å². The first-order valence-electron chi connectivity index (χ1n) is 11.2. The molecule has 8 heteroatoms. The predicted octanol–water partition coefficient (Wildman–Crippen LogP) is 2.53. The standard InChI is InChI=1S/C26H28N4O4/c1-19-7-3-4-10-22(19)26(17-24(32)29(25(26)33)13-14-34-2)16-23(31)27-18-20-8-5-9-21(15-20)30-12-6-11-28-30/h3-12,15H,13-14,16-18H2,1-2H3,(H,27,31)/t26-/m1/s1. The number of benzene rings is 2. The number of hydrogen-bond donors (Lipinski definition) is 1. The summed E-state index contributed by atoms with van der Waals surface area (Å²) < 4.78 is 6.82. The van der Waals surface area contributed by atoms with Crippen LogP contribution in [0.25, 0.3) is 5.69 Å². The molecule has 4 rings (SSSR count). The minimum absolute atomic E-state index is 0.0391. The lowest BCUT2D eigenvalue weighted by Gasteiger charge is -2.28. The van der Waals surface area contributed by atoms with Gasteiger partial charge in [0, 0.05) is 38.9 Å². The first-order valence-corrected chi connectivity index (χ1v) is 11.2. The third-order valence-corrected chi connectivity index (χ3v) is 6.22. The predicted molar refractivity (Wildman–Crippen MR) is 126 cm³/mol. The van der Waals surface area contributed by atoms with E-state index in [-0.39, 0.29) is 43.7 Å². The van der Waals surface area contributed by atoms with E-state index >= 15 is 0 Å². The molecule has 3 amide bonds. The molecule has 1 fully saturated rings. The number of aryl methyl sites for hydroxylation is 1. The number of ether oxygens (including phenoxy) is 1. The van der Waals surface area contributed by atoms with E-state index in [0.717, 1.165) is 16.8 Å². The highest BCUT2D eigenvalue weighted by atomic mass is 16.5. The average Bonchev–Trinajstić information content (AvgIpc) is 3.45. The molecule has 176 valence electrons. The molecule has 2 heterocycles. The van der Waals surface area contributed by atoms with Gasteiger partial charge in [-0.05, 0) is 41.8 Å². The maximum atomic E-state index is 13.5. The second-order valence-corrected chi connectivity index (χ2v) is 8.49. The Kier molecular flexibility index (Phi) is 6.88. The number of carbonyl (C=O) groups is 3. The van der Waals surface area contributed by atoms with Crippen molar-refractivity contribution in [2.45, 2.75) is 31.7 Å². The van der Waals surface area contributed by atoms with Gasteiger partial charge in [0.25, 0.3) is 0 Å². The molecule has 34 heavy (non-hydrogen) atoms. The van der Waals surface area contributed by atoms with Gasteiger partial charge >= 0.3 is 0 Å². The summed E-state index contributed by atoms with van der Waals surface area (Å²) in [6.45, 7) is 2.61. The summed E-state index contributed by atoms with van der Waals surface area (Å²) in [5, 5.41) is 7.16. The van der Waals surface area contributed by atoms with Crippen LogP contribution in [0.5, 0.6) is 0 Å². The molecular weight excluding hydrogens is 432 g/mol. The summed E-state index contributed by atoms with van der Waals surface area (Å²) in [5.41, 5.74) is 2.15. The molecule has 0 radical (unpaired) electrons. The minimum Gasteiger partial charge on any atom is -0.383 e. The number of amides is 3. The number of imide groups is 1.